The van der Waals surface area contributed by atoms with Gasteiger partial charge in [0.05, 0.1) is 4.90 Å². The number of fused-ring (bicyclic) bond motifs is 1. The van der Waals surface area contributed by atoms with Crippen LogP contribution in [0.4, 0.5) is 5.69 Å². The number of aliphatic imine (C=N–C) groups is 1. The first-order valence-corrected chi connectivity index (χ1v) is 12.6. The zero-order valence-electron chi connectivity index (χ0n) is 18.4. The highest BCUT2D eigenvalue weighted by molar-refractivity contribution is 7.90. The molecule has 1 amide bonds. The molecule has 1 aromatic heterocycles. The summed E-state index contributed by atoms with van der Waals surface area (Å²) in [6.45, 7) is 0.719. The van der Waals surface area contributed by atoms with Crippen LogP contribution in [0.25, 0.3) is 22.2 Å². The number of carbonyl (C=O) groups excluding carboxylic acids is 1. The number of carbonyl (C=O) groups is 1. The van der Waals surface area contributed by atoms with Crippen LogP contribution in [-0.2, 0) is 21.4 Å². The second-order valence-corrected chi connectivity index (χ2v) is 9.84. The lowest BCUT2D eigenvalue weighted by atomic mass is 10.1. The average Bonchev–Trinajstić information content (AvgIpc) is 3.47. The number of anilines is 1. The number of para-hydroxylation sites is 1. The molecule has 172 valence electrons. The van der Waals surface area contributed by atoms with Gasteiger partial charge in [-0.25, -0.2) is 8.42 Å². The van der Waals surface area contributed by atoms with Crippen molar-refractivity contribution in [2.75, 3.05) is 11.9 Å². The van der Waals surface area contributed by atoms with E-state index in [4.69, 9.17) is 0 Å². The molecule has 1 aliphatic rings. The van der Waals surface area contributed by atoms with E-state index >= 15 is 0 Å². The minimum absolute atomic E-state index is 0.0799. The number of hydrogen-bond acceptors (Lipinski definition) is 4. The van der Waals surface area contributed by atoms with Gasteiger partial charge in [-0.05, 0) is 42.3 Å². The molecule has 0 saturated heterocycles. The monoisotopic (exact) mass is 472 g/mol. The predicted octanol–water partition coefficient (Wildman–Crippen LogP) is 4.42. The van der Waals surface area contributed by atoms with Gasteiger partial charge in [0.15, 0.2) is 0 Å². The van der Waals surface area contributed by atoms with Gasteiger partial charge in [0.2, 0.25) is 5.91 Å². The van der Waals surface area contributed by atoms with Gasteiger partial charge in [-0.2, -0.15) is 0 Å². The number of rotatable bonds is 6. The third kappa shape index (κ3) is 4.58. The minimum Gasteiger partial charge on any atom is -0.331 e. The zero-order valence-corrected chi connectivity index (χ0v) is 19.3. The molecule has 0 radical (unpaired) electrons. The molecule has 0 aliphatic carbocycles. The second-order valence-electron chi connectivity index (χ2n) is 8.15. The largest absolute Gasteiger partial charge is 0.331 e. The number of sulfonamides is 1. The summed E-state index contributed by atoms with van der Waals surface area (Å²) in [7, 11) is -3.76. The number of amides is 1. The van der Waals surface area contributed by atoms with Gasteiger partial charge in [-0.3, -0.25) is 14.5 Å². The summed E-state index contributed by atoms with van der Waals surface area (Å²) in [6, 6.07) is 26.2. The van der Waals surface area contributed by atoms with Crippen LogP contribution in [-0.4, -0.2) is 31.3 Å². The van der Waals surface area contributed by atoms with Crippen LogP contribution >= 0.6 is 0 Å². The molecule has 4 aromatic rings. The SMILES string of the molecule is O=C(Cn1c(-c2ccccc2)cc2ccccc21)Nc1cccc(S(=O)(=O)NC2=NCCC2)c1. The third-order valence-corrected chi connectivity index (χ3v) is 7.12. The number of nitrogens with zero attached hydrogens (tertiary/aromatic N) is 2. The molecule has 3 aromatic carbocycles. The van der Waals surface area contributed by atoms with Crippen LogP contribution < -0.4 is 10.0 Å². The summed E-state index contributed by atoms with van der Waals surface area (Å²) < 4.78 is 30.0. The van der Waals surface area contributed by atoms with E-state index in [1.165, 1.54) is 12.1 Å². The molecule has 8 heteroatoms. The maximum atomic E-state index is 13.0. The van der Waals surface area contributed by atoms with Crippen molar-refractivity contribution in [3.05, 3.63) is 84.9 Å². The summed E-state index contributed by atoms with van der Waals surface area (Å²) in [5.41, 5.74) is 3.32. The van der Waals surface area contributed by atoms with Gasteiger partial charge in [0.25, 0.3) is 10.0 Å². The second kappa shape index (κ2) is 9.15. The van der Waals surface area contributed by atoms with E-state index < -0.39 is 10.0 Å². The summed E-state index contributed by atoms with van der Waals surface area (Å²) in [5, 5.41) is 3.89. The molecule has 2 N–H and O–H groups in total. The molecule has 5 rings (SSSR count). The van der Waals surface area contributed by atoms with E-state index in [9.17, 15) is 13.2 Å². The molecule has 1 aliphatic heterocycles. The van der Waals surface area contributed by atoms with Gasteiger partial charge in [-0.15, -0.1) is 0 Å². The molecular weight excluding hydrogens is 448 g/mol. The van der Waals surface area contributed by atoms with Crippen LogP contribution in [0.3, 0.4) is 0 Å². The van der Waals surface area contributed by atoms with Crippen molar-refractivity contribution in [1.82, 2.24) is 9.29 Å². The Labute approximate surface area is 198 Å². The van der Waals surface area contributed by atoms with Crippen molar-refractivity contribution < 1.29 is 13.2 Å². The van der Waals surface area contributed by atoms with Gasteiger partial charge < -0.3 is 9.88 Å². The molecule has 0 spiro atoms. The number of hydrogen-bond donors (Lipinski definition) is 2. The fourth-order valence-electron chi connectivity index (χ4n) is 4.15. The number of aromatic nitrogens is 1. The van der Waals surface area contributed by atoms with Crippen molar-refractivity contribution in [1.29, 1.82) is 0 Å². The topological polar surface area (TPSA) is 92.6 Å². The van der Waals surface area contributed by atoms with Crippen molar-refractivity contribution in [3.63, 3.8) is 0 Å². The van der Waals surface area contributed by atoms with E-state index in [1.807, 2.05) is 59.2 Å². The van der Waals surface area contributed by atoms with Crippen LogP contribution in [0.5, 0.6) is 0 Å². The summed E-state index contributed by atoms with van der Waals surface area (Å²) in [6.07, 6.45) is 1.46. The molecule has 0 saturated carbocycles. The fourth-order valence-corrected chi connectivity index (χ4v) is 5.29. The zero-order chi connectivity index (χ0) is 23.5. The van der Waals surface area contributed by atoms with Crippen LogP contribution in [0.1, 0.15) is 12.8 Å². The maximum Gasteiger partial charge on any atom is 0.262 e. The maximum absolute atomic E-state index is 13.0. The number of amidine groups is 1. The van der Waals surface area contributed by atoms with Gasteiger partial charge in [0.1, 0.15) is 12.4 Å². The van der Waals surface area contributed by atoms with Crippen molar-refractivity contribution in [2.24, 2.45) is 4.99 Å². The van der Waals surface area contributed by atoms with Crippen molar-refractivity contribution in [3.8, 4) is 11.3 Å². The predicted molar refractivity (Wildman–Crippen MR) is 134 cm³/mol. The Balaban J connectivity index is 1.39. The molecule has 2 heterocycles. The molecule has 0 unspecified atom stereocenters. The highest BCUT2D eigenvalue weighted by Crippen LogP contribution is 2.28. The normalized spacial score (nSPS) is 13.6. The number of nitrogens with one attached hydrogen (secondary N) is 2. The summed E-state index contributed by atoms with van der Waals surface area (Å²) >= 11 is 0. The number of benzene rings is 3. The van der Waals surface area contributed by atoms with E-state index in [0.717, 1.165) is 28.6 Å². The molecule has 7 nitrogen and oxygen atoms in total. The molecular formula is C26H24N4O3S. The Morgan fingerprint density at radius 3 is 2.53 bits per heavy atom. The Bertz CT molecular complexity index is 1490. The molecule has 0 atom stereocenters. The molecule has 0 fully saturated rings. The minimum atomic E-state index is -3.76. The average molecular weight is 473 g/mol. The van der Waals surface area contributed by atoms with Gasteiger partial charge in [0, 0.05) is 35.2 Å². The quantitative estimate of drug-likeness (QED) is 0.435. The lowest BCUT2D eigenvalue weighted by Crippen LogP contribution is -2.29. The summed E-state index contributed by atoms with van der Waals surface area (Å²) in [4.78, 5) is 17.3. The Kier molecular flexibility index (Phi) is 5.90. The highest BCUT2D eigenvalue weighted by atomic mass is 32.2. The van der Waals surface area contributed by atoms with E-state index in [2.05, 4.69) is 21.1 Å². The first kappa shape index (κ1) is 21.9. The van der Waals surface area contributed by atoms with E-state index in [0.29, 0.717) is 24.5 Å². The lowest BCUT2D eigenvalue weighted by Gasteiger charge is -2.13. The third-order valence-electron chi connectivity index (χ3n) is 5.74. The Hall–Kier alpha value is -3.91. The highest BCUT2D eigenvalue weighted by Gasteiger charge is 2.19. The van der Waals surface area contributed by atoms with Crippen LogP contribution in [0.2, 0.25) is 0 Å². The smallest absolute Gasteiger partial charge is 0.262 e. The van der Waals surface area contributed by atoms with Crippen LogP contribution in [0.15, 0.2) is 94.8 Å². The van der Waals surface area contributed by atoms with Crippen LogP contribution in [0, 0.1) is 0 Å². The first-order valence-electron chi connectivity index (χ1n) is 11.1. The van der Waals surface area contributed by atoms with E-state index in [-0.39, 0.29) is 17.3 Å². The van der Waals surface area contributed by atoms with Gasteiger partial charge >= 0.3 is 0 Å². The fraction of sp³-hybridized carbons (Fsp3) is 0.154. The van der Waals surface area contributed by atoms with Crippen molar-refractivity contribution >= 4 is 38.4 Å². The lowest BCUT2D eigenvalue weighted by molar-refractivity contribution is -0.116. The van der Waals surface area contributed by atoms with Gasteiger partial charge in [-0.1, -0.05) is 54.6 Å². The first-order chi connectivity index (χ1) is 16.5. The van der Waals surface area contributed by atoms with Crippen molar-refractivity contribution in [2.45, 2.75) is 24.3 Å². The standard InChI is InChI=1S/C26H24N4O3S/c31-26(28-21-11-6-12-22(17-21)34(32,33)29-25-14-7-15-27-25)18-30-23-13-5-4-10-20(23)16-24(30)19-8-2-1-3-9-19/h1-6,8-13,16-17H,7,14-15,18H2,(H,27,29)(H,28,31). The molecule has 34 heavy (non-hydrogen) atoms. The Morgan fingerprint density at radius 1 is 0.941 bits per heavy atom. The van der Waals surface area contributed by atoms with E-state index in [1.54, 1.807) is 12.1 Å². The Morgan fingerprint density at radius 2 is 1.74 bits per heavy atom. The molecule has 0 bridgehead atoms. The summed E-state index contributed by atoms with van der Waals surface area (Å²) in [5.74, 6) is 0.226.